The number of nitro groups is 1. The lowest BCUT2D eigenvalue weighted by Gasteiger charge is -2.07. The highest BCUT2D eigenvalue weighted by atomic mass is 16.6. The lowest BCUT2D eigenvalue weighted by Crippen LogP contribution is -2.24. The molecule has 0 bridgehead atoms. The van der Waals surface area contributed by atoms with Crippen LogP contribution in [0.25, 0.3) is 5.65 Å². The van der Waals surface area contributed by atoms with Gasteiger partial charge in [-0.1, -0.05) is 12.1 Å². The van der Waals surface area contributed by atoms with E-state index in [0.29, 0.717) is 5.65 Å². The minimum absolute atomic E-state index is 0.0991. The Bertz CT molecular complexity index is 929. The largest absolute Gasteiger partial charge is 0.485 e. The van der Waals surface area contributed by atoms with Crippen molar-refractivity contribution in [2.24, 2.45) is 0 Å². The van der Waals surface area contributed by atoms with E-state index in [2.05, 4.69) is 5.10 Å². The molecular weight excluding hydrogens is 300 g/mol. The second-order valence-electron chi connectivity index (χ2n) is 5.01. The Labute approximate surface area is 130 Å². The number of hydrogen-bond donors (Lipinski definition) is 0. The second kappa shape index (κ2) is 5.91. The first-order valence-corrected chi connectivity index (χ1v) is 6.98. The number of rotatable bonds is 5. The van der Waals surface area contributed by atoms with Gasteiger partial charge in [-0.25, -0.2) is 9.48 Å². The maximum Gasteiger partial charge on any atom is 0.350 e. The molecule has 0 radical (unpaired) electrons. The lowest BCUT2D eigenvalue weighted by atomic mass is 10.2. The predicted molar refractivity (Wildman–Crippen MR) is 82.8 cm³/mol. The molecule has 2 heterocycles. The molecule has 8 heteroatoms. The van der Waals surface area contributed by atoms with Crippen molar-refractivity contribution >= 4 is 11.3 Å². The third kappa shape index (κ3) is 2.91. The third-order valence-electron chi connectivity index (χ3n) is 3.36. The number of benzene rings is 1. The van der Waals surface area contributed by atoms with Crippen LogP contribution >= 0.6 is 0 Å². The molecule has 3 aromatic rings. The molecule has 118 valence electrons. The van der Waals surface area contributed by atoms with Gasteiger partial charge in [-0.2, -0.15) is 0 Å². The molecule has 23 heavy (non-hydrogen) atoms. The minimum atomic E-state index is -0.494. The third-order valence-corrected chi connectivity index (χ3v) is 3.36. The van der Waals surface area contributed by atoms with Crippen LogP contribution in [0.2, 0.25) is 0 Å². The van der Waals surface area contributed by atoms with Crippen LogP contribution in [-0.4, -0.2) is 25.7 Å². The van der Waals surface area contributed by atoms with Crippen LogP contribution in [0.3, 0.4) is 0 Å². The number of ether oxygens (including phenoxy) is 1. The number of nitrogens with zero attached hydrogens (tertiary/aromatic N) is 4. The number of fused-ring (bicyclic) bond motifs is 1. The van der Waals surface area contributed by atoms with E-state index in [9.17, 15) is 14.9 Å². The highest BCUT2D eigenvalue weighted by molar-refractivity contribution is 5.48. The van der Waals surface area contributed by atoms with E-state index in [4.69, 9.17) is 4.74 Å². The van der Waals surface area contributed by atoms with E-state index >= 15 is 0 Å². The molecule has 0 aliphatic carbocycles. The first-order chi connectivity index (χ1) is 11.1. The molecule has 3 rings (SSSR count). The zero-order valence-electron chi connectivity index (χ0n) is 12.4. The quantitative estimate of drug-likeness (QED) is 0.529. The molecule has 0 spiro atoms. The molecule has 0 fully saturated rings. The standard InChI is InChI=1S/C15H14N4O4/c1-11-5-6-12(19(21)22)13(10-11)23-9-8-18-15(20)17-7-3-2-4-14(17)16-18/h2-7,10H,8-9H2,1H3. The molecule has 0 atom stereocenters. The number of hydrogen-bond acceptors (Lipinski definition) is 5. The molecule has 1 aromatic carbocycles. The van der Waals surface area contributed by atoms with E-state index in [0.717, 1.165) is 5.56 Å². The van der Waals surface area contributed by atoms with Crippen LogP contribution < -0.4 is 10.4 Å². The second-order valence-corrected chi connectivity index (χ2v) is 5.01. The summed E-state index contributed by atoms with van der Waals surface area (Å²) in [5, 5.41) is 15.2. The first kappa shape index (κ1) is 14.8. The fourth-order valence-electron chi connectivity index (χ4n) is 2.24. The van der Waals surface area contributed by atoms with Gasteiger partial charge < -0.3 is 4.74 Å². The van der Waals surface area contributed by atoms with Gasteiger partial charge in [0, 0.05) is 12.3 Å². The van der Waals surface area contributed by atoms with E-state index in [1.807, 2.05) is 6.92 Å². The zero-order valence-corrected chi connectivity index (χ0v) is 12.4. The Morgan fingerprint density at radius 3 is 2.87 bits per heavy atom. The van der Waals surface area contributed by atoms with E-state index in [1.165, 1.54) is 15.1 Å². The van der Waals surface area contributed by atoms with Crippen LogP contribution in [0.5, 0.6) is 5.75 Å². The van der Waals surface area contributed by atoms with Crippen LogP contribution in [0.15, 0.2) is 47.4 Å². The van der Waals surface area contributed by atoms with Crippen molar-refractivity contribution in [1.29, 1.82) is 0 Å². The Morgan fingerprint density at radius 1 is 1.30 bits per heavy atom. The summed E-state index contributed by atoms with van der Waals surface area (Å²) in [5.74, 6) is 0.187. The number of aryl methyl sites for hydroxylation is 1. The van der Waals surface area contributed by atoms with Crippen LogP contribution in [0, 0.1) is 17.0 Å². The molecule has 0 saturated heterocycles. The van der Waals surface area contributed by atoms with Crippen molar-refractivity contribution in [2.75, 3.05) is 6.61 Å². The molecule has 0 unspecified atom stereocenters. The smallest absolute Gasteiger partial charge is 0.350 e. The molecule has 0 N–H and O–H groups in total. The van der Waals surface area contributed by atoms with Gasteiger partial charge in [-0.15, -0.1) is 5.10 Å². The molecule has 0 aliphatic rings. The predicted octanol–water partition coefficient (Wildman–Crippen LogP) is 1.79. The Morgan fingerprint density at radius 2 is 2.13 bits per heavy atom. The van der Waals surface area contributed by atoms with Gasteiger partial charge in [0.25, 0.3) is 0 Å². The van der Waals surface area contributed by atoms with Gasteiger partial charge in [0.1, 0.15) is 6.61 Å². The SMILES string of the molecule is Cc1ccc([N+](=O)[O-])c(OCCn2nc3ccccn3c2=O)c1. The summed E-state index contributed by atoms with van der Waals surface area (Å²) >= 11 is 0. The summed E-state index contributed by atoms with van der Waals surface area (Å²) in [7, 11) is 0. The molecule has 0 saturated carbocycles. The van der Waals surface area contributed by atoms with E-state index < -0.39 is 4.92 Å². The normalized spacial score (nSPS) is 10.8. The van der Waals surface area contributed by atoms with E-state index in [1.54, 1.807) is 36.5 Å². The van der Waals surface area contributed by atoms with Crippen LogP contribution in [0.4, 0.5) is 5.69 Å². The van der Waals surface area contributed by atoms with Crippen molar-refractivity contribution in [3.05, 3.63) is 68.8 Å². The summed E-state index contributed by atoms with van der Waals surface area (Å²) in [6, 6.07) is 9.92. The summed E-state index contributed by atoms with van der Waals surface area (Å²) in [4.78, 5) is 22.6. The van der Waals surface area contributed by atoms with Gasteiger partial charge in [-0.3, -0.25) is 14.5 Å². The maximum atomic E-state index is 12.1. The van der Waals surface area contributed by atoms with Crippen LogP contribution in [0.1, 0.15) is 5.56 Å². The van der Waals surface area contributed by atoms with Gasteiger partial charge in [0.2, 0.25) is 0 Å². The monoisotopic (exact) mass is 314 g/mol. The highest BCUT2D eigenvalue weighted by Gasteiger charge is 2.15. The lowest BCUT2D eigenvalue weighted by molar-refractivity contribution is -0.385. The molecule has 2 aromatic heterocycles. The van der Waals surface area contributed by atoms with Gasteiger partial charge in [0.15, 0.2) is 11.4 Å². The van der Waals surface area contributed by atoms with Gasteiger partial charge in [-0.05, 0) is 30.7 Å². The fraction of sp³-hybridized carbons (Fsp3) is 0.200. The zero-order chi connectivity index (χ0) is 16.4. The summed E-state index contributed by atoms with van der Waals surface area (Å²) in [6.45, 7) is 2.13. The van der Waals surface area contributed by atoms with E-state index in [-0.39, 0.29) is 30.3 Å². The Balaban J connectivity index is 1.77. The first-order valence-electron chi connectivity index (χ1n) is 6.98. The molecule has 8 nitrogen and oxygen atoms in total. The number of pyridine rings is 1. The topological polar surface area (TPSA) is 91.7 Å². The fourth-order valence-corrected chi connectivity index (χ4v) is 2.24. The van der Waals surface area contributed by atoms with Gasteiger partial charge >= 0.3 is 11.4 Å². The number of aromatic nitrogens is 3. The maximum absolute atomic E-state index is 12.1. The highest BCUT2D eigenvalue weighted by Crippen LogP contribution is 2.27. The molecule has 0 amide bonds. The minimum Gasteiger partial charge on any atom is -0.485 e. The Hall–Kier alpha value is -3.16. The Kier molecular flexibility index (Phi) is 3.80. The van der Waals surface area contributed by atoms with Crippen molar-refractivity contribution < 1.29 is 9.66 Å². The van der Waals surface area contributed by atoms with Gasteiger partial charge in [0.05, 0.1) is 11.5 Å². The molecular formula is C15H14N4O4. The average molecular weight is 314 g/mol. The summed E-state index contributed by atoms with van der Waals surface area (Å²) in [6.07, 6.45) is 1.63. The van der Waals surface area contributed by atoms with Crippen LogP contribution in [-0.2, 0) is 6.54 Å². The average Bonchev–Trinajstić information content (AvgIpc) is 2.84. The van der Waals surface area contributed by atoms with Crippen molar-refractivity contribution in [1.82, 2.24) is 14.2 Å². The van der Waals surface area contributed by atoms with Crippen molar-refractivity contribution in [3.63, 3.8) is 0 Å². The van der Waals surface area contributed by atoms with Crippen molar-refractivity contribution in [3.8, 4) is 5.75 Å². The molecule has 0 aliphatic heterocycles. The summed E-state index contributed by atoms with van der Waals surface area (Å²) in [5.41, 5.74) is 1.02. The number of nitro benzene ring substituents is 1. The van der Waals surface area contributed by atoms with Crippen molar-refractivity contribution in [2.45, 2.75) is 13.5 Å². The summed E-state index contributed by atoms with van der Waals surface area (Å²) < 4.78 is 8.18.